The van der Waals surface area contributed by atoms with Gasteiger partial charge in [0.25, 0.3) is 0 Å². The fourth-order valence-electron chi connectivity index (χ4n) is 3.56. The molecular formula is C15H17Br3O6. The Morgan fingerprint density at radius 1 is 1.04 bits per heavy atom. The van der Waals surface area contributed by atoms with Gasteiger partial charge in [-0.1, -0.05) is 54.4 Å². The molecule has 1 N–H and O–H groups in total. The van der Waals surface area contributed by atoms with Gasteiger partial charge in [-0.25, -0.2) is 4.79 Å². The third kappa shape index (κ3) is 4.40. The van der Waals surface area contributed by atoms with Gasteiger partial charge in [-0.05, 0) is 31.1 Å². The van der Waals surface area contributed by atoms with Crippen molar-refractivity contribution in [2.24, 2.45) is 23.7 Å². The van der Waals surface area contributed by atoms with E-state index in [1.54, 1.807) is 0 Å². The van der Waals surface area contributed by atoms with E-state index in [0.29, 0.717) is 0 Å². The molecule has 0 radical (unpaired) electrons. The van der Waals surface area contributed by atoms with Crippen molar-refractivity contribution in [3.8, 4) is 0 Å². The fourth-order valence-corrected chi connectivity index (χ4v) is 4.05. The lowest BCUT2D eigenvalue weighted by molar-refractivity contribution is -0.162. The van der Waals surface area contributed by atoms with Crippen molar-refractivity contribution >= 4 is 65.7 Å². The number of hydrogen-bond donors (Lipinski definition) is 1. The molecule has 2 saturated carbocycles. The van der Waals surface area contributed by atoms with Crippen molar-refractivity contribution in [1.82, 2.24) is 0 Å². The molecule has 134 valence electrons. The van der Waals surface area contributed by atoms with Crippen molar-refractivity contribution < 1.29 is 29.0 Å². The van der Waals surface area contributed by atoms with Crippen molar-refractivity contribution in [2.45, 2.75) is 21.4 Å². The van der Waals surface area contributed by atoms with Crippen LogP contribution >= 0.6 is 47.8 Å². The predicted molar refractivity (Wildman–Crippen MR) is 96.0 cm³/mol. The highest BCUT2D eigenvalue weighted by Crippen LogP contribution is 2.52. The number of esters is 2. The monoisotopic (exact) mass is 530 g/mol. The Hall–Kier alpha value is -0.410. The molecule has 0 saturated heterocycles. The summed E-state index contributed by atoms with van der Waals surface area (Å²) in [5.41, 5.74) is 0.105. The summed E-state index contributed by atoms with van der Waals surface area (Å²) >= 11 is 9.46. The zero-order chi connectivity index (χ0) is 18.1. The molecule has 0 spiro atoms. The van der Waals surface area contributed by atoms with E-state index in [-0.39, 0.29) is 30.6 Å². The van der Waals surface area contributed by atoms with Crippen LogP contribution in [0.1, 0.15) is 19.3 Å². The number of fused-ring (bicyclic) bond motifs is 2. The number of halogens is 3. The van der Waals surface area contributed by atoms with Gasteiger partial charge in [0, 0.05) is 0 Å². The van der Waals surface area contributed by atoms with Crippen molar-refractivity contribution in [3.05, 3.63) is 12.2 Å². The summed E-state index contributed by atoms with van der Waals surface area (Å²) < 4.78 is 9.14. The molecule has 4 atom stereocenters. The molecule has 0 heterocycles. The van der Waals surface area contributed by atoms with Gasteiger partial charge in [-0.15, -0.1) is 0 Å². The van der Waals surface area contributed by atoms with Gasteiger partial charge in [0.2, 0.25) is 0 Å². The lowest BCUT2D eigenvalue weighted by Crippen LogP contribution is -2.36. The van der Waals surface area contributed by atoms with Gasteiger partial charge in [-0.3, -0.25) is 9.59 Å². The first-order chi connectivity index (χ1) is 11.1. The van der Waals surface area contributed by atoms with Gasteiger partial charge < -0.3 is 14.6 Å². The Balaban J connectivity index is 1.79. The van der Waals surface area contributed by atoms with E-state index in [1.807, 2.05) is 0 Å². The maximum atomic E-state index is 12.2. The van der Waals surface area contributed by atoms with Crippen LogP contribution in [0.5, 0.6) is 0 Å². The molecule has 6 nitrogen and oxygen atoms in total. The van der Waals surface area contributed by atoms with Crippen LogP contribution in [0.25, 0.3) is 0 Å². The van der Waals surface area contributed by atoms with E-state index in [1.165, 1.54) is 0 Å². The van der Waals surface area contributed by atoms with Crippen molar-refractivity contribution in [2.75, 3.05) is 13.2 Å². The van der Waals surface area contributed by atoms with Crippen LogP contribution in [0.3, 0.4) is 0 Å². The summed E-state index contributed by atoms with van der Waals surface area (Å²) in [5.74, 6) is -3.20. The van der Waals surface area contributed by atoms with E-state index in [9.17, 15) is 19.5 Å². The zero-order valence-electron chi connectivity index (χ0n) is 12.7. The second-order valence-electron chi connectivity index (χ2n) is 6.00. The van der Waals surface area contributed by atoms with E-state index < -0.39 is 31.9 Å². The molecule has 24 heavy (non-hydrogen) atoms. The predicted octanol–water partition coefficient (Wildman–Crippen LogP) is 3.21. The number of carboxylic acid groups (broad SMARTS) is 1. The topological polar surface area (TPSA) is 89.9 Å². The summed E-state index contributed by atoms with van der Waals surface area (Å²) in [5, 5.41) is 9.34. The second-order valence-corrected chi connectivity index (χ2v) is 12.8. The smallest absolute Gasteiger partial charge is 0.336 e. The lowest BCUT2D eigenvalue weighted by Gasteiger charge is -2.26. The molecule has 2 aliphatic rings. The van der Waals surface area contributed by atoms with Gasteiger partial charge >= 0.3 is 17.9 Å². The highest BCUT2D eigenvalue weighted by molar-refractivity contribution is 9.39. The average Bonchev–Trinajstić information content (AvgIpc) is 3.09. The summed E-state index contributed by atoms with van der Waals surface area (Å²) in [4.78, 5) is 35.3. The summed E-state index contributed by atoms with van der Waals surface area (Å²) in [6.45, 7) is 3.34. The minimum Gasteiger partial charge on any atom is -0.481 e. The van der Waals surface area contributed by atoms with Crippen LogP contribution in [0.15, 0.2) is 12.2 Å². The second kappa shape index (κ2) is 7.86. The average molecular weight is 533 g/mol. The van der Waals surface area contributed by atoms with Gasteiger partial charge in [0.15, 0.2) is 2.14 Å². The van der Waals surface area contributed by atoms with E-state index >= 15 is 0 Å². The molecule has 2 fully saturated rings. The van der Waals surface area contributed by atoms with Crippen LogP contribution in [0.4, 0.5) is 0 Å². The van der Waals surface area contributed by atoms with E-state index in [2.05, 4.69) is 54.4 Å². The van der Waals surface area contributed by atoms with Crippen LogP contribution in [-0.4, -0.2) is 38.4 Å². The Bertz CT molecular complexity index is 556. The normalized spacial score (nSPS) is 28.5. The number of carbonyl (C=O) groups excluding carboxylic acids is 2. The number of alkyl halides is 3. The maximum Gasteiger partial charge on any atom is 0.336 e. The molecular weight excluding hydrogens is 516 g/mol. The Morgan fingerprint density at radius 2 is 1.58 bits per heavy atom. The summed E-state index contributed by atoms with van der Waals surface area (Å²) in [7, 11) is 0. The summed E-state index contributed by atoms with van der Waals surface area (Å²) in [6.07, 6.45) is 2.50. The van der Waals surface area contributed by atoms with Gasteiger partial charge in [0.05, 0.1) is 17.4 Å². The number of hydrogen-bond acceptors (Lipinski definition) is 5. The molecule has 2 bridgehead atoms. The molecule has 2 aliphatic carbocycles. The summed E-state index contributed by atoms with van der Waals surface area (Å²) in [6, 6.07) is 0. The fraction of sp³-hybridized carbons (Fsp3) is 0.667. The third-order valence-electron chi connectivity index (χ3n) is 4.62. The standard InChI is InChI=1S/C15H17Br3O6/c1-7(15(16,17)18)13(21)23-4-5-24-14(22)11-9-3-2-8(6-9)10(11)12(19)20/h8-11H,1-6H2,(H,19,20). The molecule has 0 amide bonds. The molecule has 0 aliphatic heterocycles. The molecule has 9 heteroatoms. The minimum atomic E-state index is -0.946. The molecule has 0 aromatic carbocycles. The first-order valence-electron chi connectivity index (χ1n) is 7.45. The van der Waals surface area contributed by atoms with Crippen molar-refractivity contribution in [1.29, 1.82) is 0 Å². The number of carbonyl (C=O) groups is 3. The molecule has 0 aromatic heterocycles. The lowest BCUT2D eigenvalue weighted by atomic mass is 9.79. The SMILES string of the molecule is C=C(C(=O)OCCOC(=O)C1C2CCC(C2)C1C(=O)O)C(Br)(Br)Br. The number of aliphatic carboxylic acids is 1. The van der Waals surface area contributed by atoms with Gasteiger partial charge in [-0.2, -0.15) is 0 Å². The number of carboxylic acids is 1. The van der Waals surface area contributed by atoms with Crippen LogP contribution < -0.4 is 0 Å². The van der Waals surface area contributed by atoms with Crippen LogP contribution in [0.2, 0.25) is 0 Å². The first-order valence-corrected chi connectivity index (χ1v) is 9.83. The highest BCUT2D eigenvalue weighted by atomic mass is 80.0. The number of rotatable bonds is 6. The first kappa shape index (κ1) is 19.9. The Kier molecular flexibility index (Phi) is 6.52. The van der Waals surface area contributed by atoms with Crippen molar-refractivity contribution in [3.63, 3.8) is 0 Å². The third-order valence-corrected chi connectivity index (χ3v) is 6.06. The Morgan fingerprint density at radius 3 is 2.12 bits per heavy atom. The zero-order valence-corrected chi connectivity index (χ0v) is 17.4. The molecule has 4 unspecified atom stereocenters. The quantitative estimate of drug-likeness (QED) is 0.244. The van der Waals surface area contributed by atoms with Crippen LogP contribution in [0, 0.1) is 23.7 Å². The van der Waals surface area contributed by atoms with Gasteiger partial charge in [0.1, 0.15) is 13.2 Å². The molecule has 2 rings (SSSR count). The minimum absolute atomic E-state index is 0.0658. The van der Waals surface area contributed by atoms with Crippen LogP contribution in [-0.2, 0) is 23.9 Å². The Labute approximate surface area is 164 Å². The maximum absolute atomic E-state index is 12.2. The van der Waals surface area contributed by atoms with E-state index in [4.69, 9.17) is 9.47 Å². The highest BCUT2D eigenvalue weighted by Gasteiger charge is 2.54. The number of ether oxygens (including phenoxy) is 2. The molecule has 0 aromatic rings. The van der Waals surface area contributed by atoms with E-state index in [0.717, 1.165) is 19.3 Å². The largest absolute Gasteiger partial charge is 0.481 e.